The van der Waals surface area contributed by atoms with Crippen LogP contribution in [0.15, 0.2) is 22.8 Å². The third-order valence-electron chi connectivity index (χ3n) is 5.05. The number of hydrogen-bond donors (Lipinski definition) is 3. The number of rotatable bonds is 5. The Labute approximate surface area is 139 Å². The molecule has 0 spiro atoms. The number of likely N-dealkylation sites (tertiary alicyclic amines) is 1. The van der Waals surface area contributed by atoms with Gasteiger partial charge in [0.05, 0.1) is 24.8 Å². The maximum atomic E-state index is 12.3. The van der Waals surface area contributed by atoms with Crippen molar-refractivity contribution in [2.75, 3.05) is 19.6 Å². The molecule has 2 aliphatic rings. The minimum Gasteiger partial charge on any atom is -0.481 e. The average molecular weight is 335 g/mol. The summed E-state index contributed by atoms with van der Waals surface area (Å²) < 4.78 is 5.09. The molecule has 0 aromatic carbocycles. The van der Waals surface area contributed by atoms with E-state index in [1.54, 1.807) is 17.0 Å². The lowest BCUT2D eigenvalue weighted by atomic mass is 9.81. The zero-order chi connectivity index (χ0) is 17.2. The maximum absolute atomic E-state index is 12.3. The Hall–Kier alpha value is -2.51. The number of amides is 3. The Morgan fingerprint density at radius 1 is 1.38 bits per heavy atom. The van der Waals surface area contributed by atoms with Gasteiger partial charge in [-0.15, -0.1) is 0 Å². The van der Waals surface area contributed by atoms with Crippen molar-refractivity contribution < 1.29 is 23.9 Å². The van der Waals surface area contributed by atoms with Crippen LogP contribution >= 0.6 is 0 Å². The van der Waals surface area contributed by atoms with Gasteiger partial charge in [0.25, 0.3) is 0 Å². The van der Waals surface area contributed by atoms with E-state index in [9.17, 15) is 19.5 Å². The van der Waals surface area contributed by atoms with Crippen molar-refractivity contribution in [1.82, 2.24) is 15.5 Å². The second-order valence-corrected chi connectivity index (χ2v) is 6.44. The molecular weight excluding hydrogens is 314 g/mol. The molecule has 0 radical (unpaired) electrons. The van der Waals surface area contributed by atoms with E-state index in [-0.39, 0.29) is 31.5 Å². The summed E-state index contributed by atoms with van der Waals surface area (Å²) in [6.07, 6.45) is 3.87. The SMILES string of the molecule is O=C(NCC(=O)N1C[C@@H]2CCC[C@@]2(C(=O)O)C1)NCc1ccco1. The molecule has 0 unspecified atom stereocenters. The molecule has 2 atom stereocenters. The number of fused-ring (bicyclic) bond motifs is 1. The van der Waals surface area contributed by atoms with Crippen LogP contribution in [0.3, 0.4) is 0 Å². The van der Waals surface area contributed by atoms with E-state index in [2.05, 4.69) is 10.6 Å². The Bertz CT molecular complexity index is 630. The van der Waals surface area contributed by atoms with E-state index in [0.717, 1.165) is 12.8 Å². The first-order valence-electron chi connectivity index (χ1n) is 8.06. The van der Waals surface area contributed by atoms with Crippen molar-refractivity contribution in [3.05, 3.63) is 24.2 Å². The molecule has 8 nitrogen and oxygen atoms in total. The molecule has 2 heterocycles. The van der Waals surface area contributed by atoms with Crippen molar-refractivity contribution in [2.24, 2.45) is 11.3 Å². The topological polar surface area (TPSA) is 112 Å². The lowest BCUT2D eigenvalue weighted by Crippen LogP contribution is -2.44. The van der Waals surface area contributed by atoms with Gasteiger partial charge in [-0.25, -0.2) is 4.79 Å². The second kappa shape index (κ2) is 6.54. The van der Waals surface area contributed by atoms with Gasteiger partial charge in [0.2, 0.25) is 5.91 Å². The molecule has 1 aliphatic carbocycles. The molecule has 2 fully saturated rings. The van der Waals surface area contributed by atoms with Gasteiger partial charge in [0.1, 0.15) is 5.76 Å². The van der Waals surface area contributed by atoms with Gasteiger partial charge in [0.15, 0.2) is 0 Å². The Balaban J connectivity index is 1.46. The fourth-order valence-corrected chi connectivity index (χ4v) is 3.74. The standard InChI is InChI=1S/C16H21N3O5/c20-13(8-18-15(23)17-7-12-4-2-6-24-12)19-9-11-3-1-5-16(11,10-19)14(21)22/h2,4,6,11H,1,3,5,7-10H2,(H,21,22)(H2,17,18,23)/t11-,16+/m0/s1. The van der Waals surface area contributed by atoms with Gasteiger partial charge in [-0.1, -0.05) is 6.42 Å². The lowest BCUT2D eigenvalue weighted by molar-refractivity contribution is -0.149. The highest BCUT2D eigenvalue weighted by Gasteiger charge is 2.55. The molecule has 1 aliphatic heterocycles. The van der Waals surface area contributed by atoms with Crippen molar-refractivity contribution in [3.63, 3.8) is 0 Å². The Morgan fingerprint density at radius 2 is 2.21 bits per heavy atom. The van der Waals surface area contributed by atoms with E-state index in [0.29, 0.717) is 18.7 Å². The van der Waals surface area contributed by atoms with E-state index < -0.39 is 17.4 Å². The quantitative estimate of drug-likeness (QED) is 0.736. The number of carbonyl (C=O) groups excluding carboxylic acids is 2. The first-order valence-corrected chi connectivity index (χ1v) is 8.06. The molecule has 3 N–H and O–H groups in total. The fraction of sp³-hybridized carbons (Fsp3) is 0.562. The number of carboxylic acid groups (broad SMARTS) is 1. The Morgan fingerprint density at radius 3 is 2.88 bits per heavy atom. The number of hydrogen-bond acceptors (Lipinski definition) is 4. The average Bonchev–Trinajstić information content (AvgIpc) is 3.24. The van der Waals surface area contributed by atoms with Gasteiger partial charge in [-0.05, 0) is 30.9 Å². The number of nitrogens with one attached hydrogen (secondary N) is 2. The van der Waals surface area contributed by atoms with Crippen molar-refractivity contribution >= 4 is 17.9 Å². The molecule has 0 bridgehead atoms. The van der Waals surface area contributed by atoms with Crippen LogP contribution in [0.2, 0.25) is 0 Å². The third-order valence-corrected chi connectivity index (χ3v) is 5.05. The van der Waals surface area contributed by atoms with Crippen molar-refractivity contribution in [1.29, 1.82) is 0 Å². The summed E-state index contributed by atoms with van der Waals surface area (Å²) in [6, 6.07) is 2.99. The van der Waals surface area contributed by atoms with E-state index in [4.69, 9.17) is 4.42 Å². The summed E-state index contributed by atoms with van der Waals surface area (Å²) in [6.45, 7) is 0.787. The zero-order valence-corrected chi connectivity index (χ0v) is 13.3. The molecule has 130 valence electrons. The summed E-state index contributed by atoms with van der Waals surface area (Å²) in [5, 5.41) is 14.6. The monoisotopic (exact) mass is 335 g/mol. The van der Waals surface area contributed by atoms with Gasteiger partial charge >= 0.3 is 12.0 Å². The van der Waals surface area contributed by atoms with Crippen LogP contribution in [0.4, 0.5) is 4.79 Å². The van der Waals surface area contributed by atoms with Crippen molar-refractivity contribution in [3.8, 4) is 0 Å². The summed E-state index contributed by atoms with van der Waals surface area (Å²) in [4.78, 5) is 37.1. The third kappa shape index (κ3) is 3.08. The molecule has 1 saturated carbocycles. The van der Waals surface area contributed by atoms with Crippen LogP contribution in [0.1, 0.15) is 25.0 Å². The van der Waals surface area contributed by atoms with E-state index >= 15 is 0 Å². The van der Waals surface area contributed by atoms with Crippen LogP contribution in [0.25, 0.3) is 0 Å². The van der Waals surface area contributed by atoms with Crippen LogP contribution in [0, 0.1) is 11.3 Å². The predicted molar refractivity (Wildman–Crippen MR) is 82.9 cm³/mol. The number of carboxylic acids is 1. The summed E-state index contributed by atoms with van der Waals surface area (Å²) in [5.74, 6) is -0.429. The maximum Gasteiger partial charge on any atom is 0.315 e. The number of nitrogens with zero attached hydrogens (tertiary/aromatic N) is 1. The number of aliphatic carboxylic acids is 1. The highest BCUT2D eigenvalue weighted by Crippen LogP contribution is 2.48. The lowest BCUT2D eigenvalue weighted by Gasteiger charge is -2.23. The van der Waals surface area contributed by atoms with Gasteiger partial charge in [-0.2, -0.15) is 0 Å². The smallest absolute Gasteiger partial charge is 0.315 e. The highest BCUT2D eigenvalue weighted by molar-refractivity contribution is 5.85. The molecular formula is C16H21N3O5. The fourth-order valence-electron chi connectivity index (χ4n) is 3.74. The summed E-state index contributed by atoms with van der Waals surface area (Å²) in [5.41, 5.74) is -0.794. The van der Waals surface area contributed by atoms with Crippen LogP contribution in [-0.2, 0) is 16.1 Å². The van der Waals surface area contributed by atoms with Gasteiger partial charge < -0.3 is 25.1 Å². The van der Waals surface area contributed by atoms with Crippen LogP contribution in [-0.4, -0.2) is 47.5 Å². The normalized spacial score (nSPS) is 25.3. The first-order chi connectivity index (χ1) is 11.5. The second-order valence-electron chi connectivity index (χ2n) is 6.44. The van der Waals surface area contributed by atoms with Crippen molar-refractivity contribution in [2.45, 2.75) is 25.8 Å². The molecule has 8 heteroatoms. The molecule has 1 saturated heterocycles. The number of carbonyl (C=O) groups is 3. The molecule has 1 aromatic heterocycles. The molecule has 3 rings (SSSR count). The zero-order valence-electron chi connectivity index (χ0n) is 13.3. The summed E-state index contributed by atoms with van der Waals surface area (Å²) >= 11 is 0. The van der Waals surface area contributed by atoms with Crippen LogP contribution in [0.5, 0.6) is 0 Å². The van der Waals surface area contributed by atoms with Gasteiger partial charge in [-0.3, -0.25) is 9.59 Å². The number of urea groups is 1. The van der Waals surface area contributed by atoms with E-state index in [1.807, 2.05) is 0 Å². The van der Waals surface area contributed by atoms with E-state index in [1.165, 1.54) is 6.26 Å². The largest absolute Gasteiger partial charge is 0.481 e. The van der Waals surface area contributed by atoms with Gasteiger partial charge in [0, 0.05) is 13.1 Å². The molecule has 24 heavy (non-hydrogen) atoms. The summed E-state index contributed by atoms with van der Waals surface area (Å²) in [7, 11) is 0. The Kier molecular flexibility index (Phi) is 4.46. The predicted octanol–water partition coefficient (Wildman–Crippen LogP) is 0.792. The molecule has 3 amide bonds. The minimum absolute atomic E-state index is 0.0201. The number of furan rings is 1. The molecule has 1 aromatic rings. The first kappa shape index (κ1) is 16.4. The minimum atomic E-state index is -0.815. The highest BCUT2D eigenvalue weighted by atomic mass is 16.4. The van der Waals surface area contributed by atoms with Crippen LogP contribution < -0.4 is 10.6 Å².